The Morgan fingerprint density at radius 3 is 2.12 bits per heavy atom. The standard InChI is InChI=1S/C16H18F2N2O4/c1-16(2)11(12(16)15(23)24)14(22)20-7-6-19-13(21)10-8(17)4-3-5-9(10)18/h3-5,11-12H,6-7H2,1-2H3,(H,19,21)(H,20,22)(H,23,24)/t11-,12+/m1/s1. The van der Waals surface area contributed by atoms with Gasteiger partial charge in [0.15, 0.2) is 0 Å². The molecule has 1 saturated carbocycles. The van der Waals surface area contributed by atoms with Gasteiger partial charge in [-0.25, -0.2) is 8.78 Å². The van der Waals surface area contributed by atoms with Crippen molar-refractivity contribution in [2.75, 3.05) is 13.1 Å². The number of hydrogen-bond donors (Lipinski definition) is 3. The minimum Gasteiger partial charge on any atom is -0.481 e. The van der Waals surface area contributed by atoms with Gasteiger partial charge in [0.25, 0.3) is 5.91 Å². The van der Waals surface area contributed by atoms with Crippen LogP contribution in [0.15, 0.2) is 18.2 Å². The smallest absolute Gasteiger partial charge is 0.307 e. The van der Waals surface area contributed by atoms with E-state index in [4.69, 9.17) is 5.11 Å². The van der Waals surface area contributed by atoms with E-state index in [2.05, 4.69) is 10.6 Å². The molecule has 1 aromatic rings. The summed E-state index contributed by atoms with van der Waals surface area (Å²) in [5, 5.41) is 13.8. The Labute approximate surface area is 137 Å². The van der Waals surface area contributed by atoms with Crippen molar-refractivity contribution >= 4 is 17.8 Å². The number of carboxylic acids is 1. The molecule has 0 bridgehead atoms. The lowest BCUT2D eigenvalue weighted by molar-refractivity contribution is -0.140. The number of benzene rings is 1. The number of carboxylic acid groups (broad SMARTS) is 1. The van der Waals surface area contributed by atoms with Crippen LogP contribution in [0.4, 0.5) is 8.78 Å². The minimum atomic E-state index is -1.02. The van der Waals surface area contributed by atoms with Gasteiger partial charge in [0.05, 0.1) is 11.8 Å². The first-order chi connectivity index (χ1) is 11.2. The van der Waals surface area contributed by atoms with E-state index in [0.717, 1.165) is 18.2 Å². The lowest BCUT2D eigenvalue weighted by Gasteiger charge is -2.09. The predicted molar refractivity (Wildman–Crippen MR) is 80.1 cm³/mol. The minimum absolute atomic E-state index is 0.0273. The number of rotatable bonds is 6. The normalized spacial score (nSPS) is 21.0. The van der Waals surface area contributed by atoms with Crippen molar-refractivity contribution in [1.82, 2.24) is 10.6 Å². The summed E-state index contributed by atoms with van der Waals surface area (Å²) >= 11 is 0. The fourth-order valence-corrected chi connectivity index (χ4v) is 2.86. The van der Waals surface area contributed by atoms with Gasteiger partial charge >= 0.3 is 5.97 Å². The molecule has 1 aromatic carbocycles. The number of halogens is 2. The Morgan fingerprint density at radius 2 is 1.62 bits per heavy atom. The molecule has 0 aliphatic heterocycles. The molecule has 1 aliphatic rings. The molecule has 0 radical (unpaired) electrons. The number of carbonyl (C=O) groups excluding carboxylic acids is 2. The maximum absolute atomic E-state index is 13.4. The van der Waals surface area contributed by atoms with E-state index in [1.807, 2.05) is 0 Å². The van der Waals surface area contributed by atoms with Crippen LogP contribution in [-0.2, 0) is 9.59 Å². The maximum atomic E-state index is 13.4. The van der Waals surface area contributed by atoms with Crippen molar-refractivity contribution in [3.8, 4) is 0 Å². The molecule has 0 spiro atoms. The number of nitrogens with one attached hydrogen (secondary N) is 2. The number of aliphatic carboxylic acids is 1. The first-order valence-corrected chi connectivity index (χ1v) is 7.40. The molecule has 1 fully saturated rings. The molecule has 0 unspecified atom stereocenters. The van der Waals surface area contributed by atoms with Crippen molar-refractivity contribution in [2.24, 2.45) is 17.3 Å². The Morgan fingerprint density at radius 1 is 1.08 bits per heavy atom. The second kappa shape index (κ2) is 6.54. The first kappa shape index (κ1) is 17.8. The molecule has 130 valence electrons. The van der Waals surface area contributed by atoms with E-state index in [1.54, 1.807) is 13.8 Å². The summed E-state index contributed by atoms with van der Waals surface area (Å²) < 4.78 is 26.9. The molecule has 2 atom stereocenters. The third kappa shape index (κ3) is 3.37. The van der Waals surface area contributed by atoms with Gasteiger partial charge in [-0.2, -0.15) is 0 Å². The molecule has 0 saturated heterocycles. The second-order valence-electron chi connectivity index (χ2n) is 6.26. The van der Waals surface area contributed by atoms with Gasteiger partial charge in [-0.15, -0.1) is 0 Å². The summed E-state index contributed by atoms with van der Waals surface area (Å²) in [4.78, 5) is 34.7. The van der Waals surface area contributed by atoms with Gasteiger partial charge in [-0.05, 0) is 17.5 Å². The summed E-state index contributed by atoms with van der Waals surface area (Å²) in [6.07, 6.45) is 0. The van der Waals surface area contributed by atoms with E-state index < -0.39 is 52.2 Å². The number of hydrogen-bond acceptors (Lipinski definition) is 3. The lowest BCUT2D eigenvalue weighted by Crippen LogP contribution is -2.36. The highest BCUT2D eigenvalue weighted by molar-refractivity contribution is 5.95. The van der Waals surface area contributed by atoms with E-state index in [-0.39, 0.29) is 13.1 Å². The number of carbonyl (C=O) groups is 3. The average molecular weight is 340 g/mol. The van der Waals surface area contributed by atoms with Crippen LogP contribution in [0.1, 0.15) is 24.2 Å². The topological polar surface area (TPSA) is 95.5 Å². The molecule has 3 N–H and O–H groups in total. The van der Waals surface area contributed by atoms with Crippen LogP contribution < -0.4 is 10.6 Å². The van der Waals surface area contributed by atoms with E-state index in [1.165, 1.54) is 0 Å². The number of amides is 2. The van der Waals surface area contributed by atoms with Crippen molar-refractivity contribution < 1.29 is 28.3 Å². The zero-order valence-corrected chi connectivity index (χ0v) is 13.2. The molecule has 6 nitrogen and oxygen atoms in total. The van der Waals surface area contributed by atoms with E-state index in [9.17, 15) is 23.2 Å². The van der Waals surface area contributed by atoms with Gasteiger partial charge < -0.3 is 15.7 Å². The highest BCUT2D eigenvalue weighted by Crippen LogP contribution is 2.58. The van der Waals surface area contributed by atoms with E-state index in [0.29, 0.717) is 0 Å². The molecule has 8 heteroatoms. The van der Waals surface area contributed by atoms with Gasteiger partial charge in [-0.1, -0.05) is 19.9 Å². The molecule has 2 amide bonds. The van der Waals surface area contributed by atoms with Crippen LogP contribution in [0, 0.1) is 28.9 Å². The Hall–Kier alpha value is -2.51. The third-order valence-electron chi connectivity index (χ3n) is 4.28. The Balaban J connectivity index is 1.81. The molecule has 2 rings (SSSR count). The monoisotopic (exact) mass is 340 g/mol. The quantitative estimate of drug-likeness (QED) is 0.678. The second-order valence-corrected chi connectivity index (χ2v) is 6.26. The zero-order chi connectivity index (χ0) is 18.1. The zero-order valence-electron chi connectivity index (χ0n) is 13.2. The summed E-state index contributed by atoms with van der Waals surface area (Å²) in [5.74, 6) is -5.67. The van der Waals surface area contributed by atoms with Gasteiger partial charge in [0.2, 0.25) is 5.91 Å². The average Bonchev–Trinajstić information content (AvgIpc) is 3.06. The van der Waals surface area contributed by atoms with Crippen LogP contribution in [0.5, 0.6) is 0 Å². The Kier molecular flexibility index (Phi) is 4.86. The molecule has 0 heterocycles. The van der Waals surface area contributed by atoms with Crippen molar-refractivity contribution in [3.63, 3.8) is 0 Å². The highest BCUT2D eigenvalue weighted by atomic mass is 19.1. The summed E-state index contributed by atoms with van der Waals surface area (Å²) in [5.41, 5.74) is -1.30. The first-order valence-electron chi connectivity index (χ1n) is 7.40. The molecular formula is C16H18F2N2O4. The van der Waals surface area contributed by atoms with E-state index >= 15 is 0 Å². The summed E-state index contributed by atoms with van der Waals surface area (Å²) in [6, 6.07) is 3.10. The SMILES string of the molecule is CC1(C)[C@H](C(=O)O)[C@@H]1C(=O)NCCNC(=O)c1c(F)cccc1F. The van der Waals surface area contributed by atoms with Gasteiger partial charge in [0, 0.05) is 13.1 Å². The molecule has 0 aromatic heterocycles. The molecular weight excluding hydrogens is 322 g/mol. The maximum Gasteiger partial charge on any atom is 0.307 e. The van der Waals surface area contributed by atoms with Crippen LogP contribution >= 0.6 is 0 Å². The Bertz CT molecular complexity index is 670. The highest BCUT2D eigenvalue weighted by Gasteiger charge is 2.65. The van der Waals surface area contributed by atoms with Crippen LogP contribution in [-0.4, -0.2) is 36.0 Å². The predicted octanol–water partition coefficient (Wildman–Crippen LogP) is 1.17. The fourth-order valence-electron chi connectivity index (χ4n) is 2.86. The lowest BCUT2D eigenvalue weighted by atomic mass is 10.1. The van der Waals surface area contributed by atoms with Crippen LogP contribution in [0.3, 0.4) is 0 Å². The largest absolute Gasteiger partial charge is 0.481 e. The van der Waals surface area contributed by atoms with Crippen molar-refractivity contribution in [3.05, 3.63) is 35.4 Å². The van der Waals surface area contributed by atoms with Gasteiger partial charge in [-0.3, -0.25) is 14.4 Å². The molecule has 1 aliphatic carbocycles. The van der Waals surface area contributed by atoms with Crippen LogP contribution in [0.25, 0.3) is 0 Å². The third-order valence-corrected chi connectivity index (χ3v) is 4.28. The van der Waals surface area contributed by atoms with Crippen molar-refractivity contribution in [2.45, 2.75) is 13.8 Å². The van der Waals surface area contributed by atoms with Crippen LogP contribution in [0.2, 0.25) is 0 Å². The molecule has 24 heavy (non-hydrogen) atoms. The summed E-state index contributed by atoms with van der Waals surface area (Å²) in [7, 11) is 0. The van der Waals surface area contributed by atoms with Crippen molar-refractivity contribution in [1.29, 1.82) is 0 Å². The fraction of sp³-hybridized carbons (Fsp3) is 0.438. The summed E-state index contributed by atoms with van der Waals surface area (Å²) in [6.45, 7) is 3.38. The van der Waals surface area contributed by atoms with Gasteiger partial charge in [0.1, 0.15) is 17.2 Å².